The van der Waals surface area contributed by atoms with Crippen LogP contribution in [0.25, 0.3) is 0 Å². The maximum absolute atomic E-state index is 5.37. The lowest BCUT2D eigenvalue weighted by Crippen LogP contribution is -2.25. The first kappa shape index (κ1) is 13.0. The molecule has 0 saturated carbocycles. The molecule has 0 bridgehead atoms. The zero-order chi connectivity index (χ0) is 12.0. The fourth-order valence-corrected chi connectivity index (χ4v) is 1.47. The van der Waals surface area contributed by atoms with Crippen LogP contribution in [0.4, 0.5) is 5.69 Å². The first-order chi connectivity index (χ1) is 7.57. The maximum atomic E-state index is 5.37. The Morgan fingerprint density at radius 3 is 2.31 bits per heavy atom. The van der Waals surface area contributed by atoms with E-state index in [2.05, 4.69) is 50.4 Å². The van der Waals surface area contributed by atoms with E-state index in [1.807, 2.05) is 0 Å². The molecule has 0 aliphatic rings. The summed E-state index contributed by atoms with van der Waals surface area (Å²) in [5.41, 5.74) is 2.52. The molecule has 0 aliphatic heterocycles. The van der Waals surface area contributed by atoms with Gasteiger partial charge in [-0.2, -0.15) is 0 Å². The first-order valence-electron chi connectivity index (χ1n) is 5.95. The molecule has 16 heavy (non-hydrogen) atoms. The van der Waals surface area contributed by atoms with Crippen LogP contribution < -0.4 is 5.32 Å². The van der Waals surface area contributed by atoms with Gasteiger partial charge in [0.05, 0.1) is 5.60 Å². The smallest absolute Gasteiger partial charge is 0.0639 e. The summed E-state index contributed by atoms with van der Waals surface area (Å²) in [6, 6.07) is 8.62. The lowest BCUT2D eigenvalue weighted by Gasteiger charge is -2.23. The standard InChI is InChI=1S/C14H23NO/c1-5-12-6-8-13(9-7-12)15-11-10-14(2,3)16-4/h6-9,15H,5,10-11H2,1-4H3. The Morgan fingerprint density at radius 2 is 1.81 bits per heavy atom. The predicted octanol–water partition coefficient (Wildman–Crippen LogP) is 3.48. The van der Waals surface area contributed by atoms with Gasteiger partial charge in [0, 0.05) is 19.3 Å². The third kappa shape index (κ3) is 4.23. The molecule has 0 unspecified atom stereocenters. The van der Waals surface area contributed by atoms with Crippen LogP contribution in [-0.4, -0.2) is 19.3 Å². The summed E-state index contributed by atoms with van der Waals surface area (Å²) in [6.07, 6.45) is 2.09. The Kier molecular flexibility index (Phi) is 4.81. The number of methoxy groups -OCH3 is 1. The fraction of sp³-hybridized carbons (Fsp3) is 0.571. The molecule has 2 heteroatoms. The van der Waals surface area contributed by atoms with Gasteiger partial charge in [0.1, 0.15) is 0 Å². The van der Waals surface area contributed by atoms with Gasteiger partial charge in [-0.25, -0.2) is 0 Å². The van der Waals surface area contributed by atoms with Crippen LogP contribution in [0.1, 0.15) is 32.8 Å². The van der Waals surface area contributed by atoms with Crippen LogP contribution >= 0.6 is 0 Å². The molecule has 1 N–H and O–H groups in total. The van der Waals surface area contributed by atoms with Crippen LogP contribution in [-0.2, 0) is 11.2 Å². The van der Waals surface area contributed by atoms with Crippen molar-refractivity contribution in [2.75, 3.05) is 19.0 Å². The zero-order valence-corrected chi connectivity index (χ0v) is 10.8. The van der Waals surface area contributed by atoms with Crippen molar-refractivity contribution in [2.24, 2.45) is 0 Å². The van der Waals surface area contributed by atoms with Crippen molar-refractivity contribution in [3.63, 3.8) is 0 Å². The molecule has 0 amide bonds. The zero-order valence-electron chi connectivity index (χ0n) is 10.8. The van der Waals surface area contributed by atoms with Gasteiger partial charge in [0.15, 0.2) is 0 Å². The van der Waals surface area contributed by atoms with Gasteiger partial charge >= 0.3 is 0 Å². The number of benzene rings is 1. The van der Waals surface area contributed by atoms with E-state index in [1.54, 1.807) is 7.11 Å². The Balaban J connectivity index is 2.37. The number of hydrogen-bond acceptors (Lipinski definition) is 2. The molecular formula is C14H23NO. The monoisotopic (exact) mass is 221 g/mol. The highest BCUT2D eigenvalue weighted by molar-refractivity contribution is 5.44. The second kappa shape index (κ2) is 5.90. The Bertz CT molecular complexity index is 303. The number of nitrogens with one attached hydrogen (secondary N) is 1. The van der Waals surface area contributed by atoms with E-state index < -0.39 is 0 Å². The molecule has 0 fully saturated rings. The Labute approximate surface area is 99.0 Å². The topological polar surface area (TPSA) is 21.3 Å². The molecule has 1 aromatic carbocycles. The number of hydrogen-bond donors (Lipinski definition) is 1. The molecule has 1 aromatic rings. The van der Waals surface area contributed by atoms with Crippen LogP contribution in [0, 0.1) is 0 Å². The molecule has 0 saturated heterocycles. The lowest BCUT2D eigenvalue weighted by atomic mass is 10.1. The number of ether oxygens (including phenoxy) is 1. The summed E-state index contributed by atoms with van der Waals surface area (Å²) >= 11 is 0. The first-order valence-corrected chi connectivity index (χ1v) is 5.95. The molecule has 0 aliphatic carbocycles. The van der Waals surface area contributed by atoms with Crippen LogP contribution in [0.2, 0.25) is 0 Å². The van der Waals surface area contributed by atoms with Crippen molar-refractivity contribution in [3.05, 3.63) is 29.8 Å². The summed E-state index contributed by atoms with van der Waals surface area (Å²) in [7, 11) is 1.76. The quantitative estimate of drug-likeness (QED) is 0.794. The summed E-state index contributed by atoms with van der Waals surface area (Å²) in [5, 5.41) is 3.41. The van der Waals surface area contributed by atoms with Gasteiger partial charge in [-0.05, 0) is 44.4 Å². The highest BCUT2D eigenvalue weighted by atomic mass is 16.5. The molecule has 0 spiro atoms. The molecule has 0 aromatic heterocycles. The third-order valence-corrected chi connectivity index (χ3v) is 2.97. The molecule has 0 heterocycles. The van der Waals surface area contributed by atoms with Crippen LogP contribution in [0.15, 0.2) is 24.3 Å². The second-order valence-electron chi connectivity index (χ2n) is 4.69. The number of aryl methyl sites for hydroxylation is 1. The van der Waals surface area contributed by atoms with Crippen molar-refractivity contribution in [1.29, 1.82) is 0 Å². The van der Waals surface area contributed by atoms with E-state index in [9.17, 15) is 0 Å². The third-order valence-electron chi connectivity index (χ3n) is 2.97. The predicted molar refractivity (Wildman–Crippen MR) is 70.0 cm³/mol. The fourth-order valence-electron chi connectivity index (χ4n) is 1.47. The maximum Gasteiger partial charge on any atom is 0.0639 e. The van der Waals surface area contributed by atoms with E-state index in [0.717, 1.165) is 19.4 Å². The van der Waals surface area contributed by atoms with E-state index >= 15 is 0 Å². The van der Waals surface area contributed by atoms with E-state index in [0.29, 0.717) is 0 Å². The summed E-state index contributed by atoms with van der Waals surface area (Å²) < 4.78 is 5.37. The summed E-state index contributed by atoms with van der Waals surface area (Å²) in [4.78, 5) is 0. The van der Waals surface area contributed by atoms with E-state index in [-0.39, 0.29) is 5.60 Å². The minimum Gasteiger partial charge on any atom is -0.385 e. The average molecular weight is 221 g/mol. The van der Waals surface area contributed by atoms with Crippen LogP contribution in [0.3, 0.4) is 0 Å². The van der Waals surface area contributed by atoms with Crippen molar-refractivity contribution < 1.29 is 4.74 Å². The van der Waals surface area contributed by atoms with Gasteiger partial charge in [-0.1, -0.05) is 19.1 Å². The molecule has 90 valence electrons. The highest BCUT2D eigenvalue weighted by Gasteiger charge is 2.14. The molecule has 0 atom stereocenters. The minimum absolute atomic E-state index is 0.0453. The van der Waals surface area contributed by atoms with Crippen molar-refractivity contribution in [3.8, 4) is 0 Å². The number of rotatable bonds is 6. The van der Waals surface area contributed by atoms with Gasteiger partial charge in [-0.15, -0.1) is 0 Å². The van der Waals surface area contributed by atoms with Crippen LogP contribution in [0.5, 0.6) is 0 Å². The van der Waals surface area contributed by atoms with Crippen molar-refractivity contribution in [1.82, 2.24) is 0 Å². The molecule has 2 nitrogen and oxygen atoms in total. The Hall–Kier alpha value is -1.02. The lowest BCUT2D eigenvalue weighted by molar-refractivity contribution is 0.0185. The molecular weight excluding hydrogens is 198 g/mol. The summed E-state index contributed by atoms with van der Waals surface area (Å²) in [6.45, 7) is 7.32. The SMILES string of the molecule is CCc1ccc(NCCC(C)(C)OC)cc1. The number of anilines is 1. The normalized spacial score (nSPS) is 11.5. The molecule has 0 radical (unpaired) electrons. The summed E-state index contributed by atoms with van der Waals surface area (Å²) in [5.74, 6) is 0. The van der Waals surface area contributed by atoms with E-state index in [1.165, 1.54) is 11.3 Å². The van der Waals surface area contributed by atoms with Crippen molar-refractivity contribution in [2.45, 2.75) is 39.2 Å². The largest absolute Gasteiger partial charge is 0.385 e. The van der Waals surface area contributed by atoms with E-state index in [4.69, 9.17) is 4.74 Å². The van der Waals surface area contributed by atoms with Gasteiger partial charge < -0.3 is 10.1 Å². The minimum atomic E-state index is -0.0453. The molecule has 1 rings (SSSR count). The second-order valence-corrected chi connectivity index (χ2v) is 4.69. The van der Waals surface area contributed by atoms with Crippen molar-refractivity contribution >= 4 is 5.69 Å². The Morgan fingerprint density at radius 1 is 1.19 bits per heavy atom. The highest BCUT2D eigenvalue weighted by Crippen LogP contribution is 2.14. The van der Waals surface area contributed by atoms with Gasteiger partial charge in [-0.3, -0.25) is 0 Å². The van der Waals surface area contributed by atoms with Gasteiger partial charge in [0.2, 0.25) is 0 Å². The van der Waals surface area contributed by atoms with Gasteiger partial charge in [0.25, 0.3) is 0 Å². The average Bonchev–Trinajstić information content (AvgIpc) is 2.30.